The number of carbonyl (C=O) groups excluding carboxylic acids is 1. The van der Waals surface area contributed by atoms with E-state index >= 15 is 0 Å². The second-order valence-corrected chi connectivity index (χ2v) is 5.23. The van der Waals surface area contributed by atoms with Crippen LogP contribution in [0, 0.1) is 11.6 Å². The van der Waals surface area contributed by atoms with Crippen LogP contribution in [-0.4, -0.2) is 25.2 Å². The first kappa shape index (κ1) is 14.9. The summed E-state index contributed by atoms with van der Waals surface area (Å²) in [5, 5.41) is 0. The molecule has 0 spiro atoms. The standard InChI is InChI=1S/C15H19F2NO2/c1-10-3-5-12(20-10)6-8-15(19)18(2)14-9-11(16)4-7-13(14)17/h4,7,9-10,12H,3,5-6,8H2,1-2H3/t10-,12+/m0/s1. The predicted molar refractivity (Wildman–Crippen MR) is 72.6 cm³/mol. The molecular formula is C15H19F2NO2. The Balaban J connectivity index is 1.93. The van der Waals surface area contributed by atoms with Crippen molar-refractivity contribution < 1.29 is 18.3 Å². The Morgan fingerprint density at radius 1 is 1.40 bits per heavy atom. The first-order valence-electron chi connectivity index (χ1n) is 6.84. The highest BCUT2D eigenvalue weighted by molar-refractivity contribution is 5.92. The highest BCUT2D eigenvalue weighted by Gasteiger charge is 2.23. The molecule has 2 rings (SSSR count). The predicted octanol–water partition coefficient (Wildman–Crippen LogP) is 3.28. The minimum absolute atomic E-state index is 0.0318. The minimum atomic E-state index is -0.604. The molecule has 1 fully saturated rings. The summed E-state index contributed by atoms with van der Waals surface area (Å²) in [7, 11) is 1.46. The molecule has 0 saturated carbocycles. The van der Waals surface area contributed by atoms with Crippen LogP contribution in [0.2, 0.25) is 0 Å². The van der Waals surface area contributed by atoms with Crippen molar-refractivity contribution in [3.8, 4) is 0 Å². The molecule has 1 aliphatic heterocycles. The fraction of sp³-hybridized carbons (Fsp3) is 0.533. The summed E-state index contributed by atoms with van der Waals surface area (Å²) in [6.07, 6.45) is 3.18. The molecule has 20 heavy (non-hydrogen) atoms. The third-order valence-electron chi connectivity index (χ3n) is 3.64. The van der Waals surface area contributed by atoms with Gasteiger partial charge in [-0.2, -0.15) is 0 Å². The first-order chi connectivity index (χ1) is 9.47. The lowest BCUT2D eigenvalue weighted by molar-refractivity contribution is -0.119. The lowest BCUT2D eigenvalue weighted by Gasteiger charge is -2.19. The molecule has 1 saturated heterocycles. The molecule has 1 amide bonds. The van der Waals surface area contributed by atoms with Gasteiger partial charge >= 0.3 is 0 Å². The smallest absolute Gasteiger partial charge is 0.226 e. The van der Waals surface area contributed by atoms with Crippen molar-refractivity contribution >= 4 is 11.6 Å². The molecule has 3 nitrogen and oxygen atoms in total. The zero-order valence-corrected chi connectivity index (χ0v) is 11.7. The summed E-state index contributed by atoms with van der Waals surface area (Å²) in [5.41, 5.74) is -0.0318. The number of hydrogen-bond donors (Lipinski definition) is 0. The van der Waals surface area contributed by atoms with Gasteiger partial charge in [0.05, 0.1) is 17.9 Å². The highest BCUT2D eigenvalue weighted by Crippen LogP contribution is 2.24. The van der Waals surface area contributed by atoms with E-state index in [0.29, 0.717) is 6.42 Å². The van der Waals surface area contributed by atoms with Crippen LogP contribution in [-0.2, 0) is 9.53 Å². The van der Waals surface area contributed by atoms with Gasteiger partial charge in [0.1, 0.15) is 11.6 Å². The van der Waals surface area contributed by atoms with Crippen LogP contribution in [0.1, 0.15) is 32.6 Å². The summed E-state index contributed by atoms with van der Waals surface area (Å²) < 4.78 is 32.3. The fourth-order valence-corrected chi connectivity index (χ4v) is 2.43. The quantitative estimate of drug-likeness (QED) is 0.848. The highest BCUT2D eigenvalue weighted by atomic mass is 19.1. The molecule has 0 aromatic heterocycles. The third-order valence-corrected chi connectivity index (χ3v) is 3.64. The Hall–Kier alpha value is -1.49. The van der Waals surface area contributed by atoms with Crippen molar-refractivity contribution in [1.29, 1.82) is 0 Å². The number of rotatable bonds is 4. The van der Waals surface area contributed by atoms with Gasteiger partial charge in [-0.3, -0.25) is 4.79 Å². The molecule has 1 heterocycles. The number of carbonyl (C=O) groups is 1. The number of ether oxygens (including phenoxy) is 1. The van der Waals surface area contributed by atoms with E-state index in [2.05, 4.69) is 0 Å². The zero-order valence-electron chi connectivity index (χ0n) is 11.7. The largest absolute Gasteiger partial charge is 0.375 e. The number of hydrogen-bond acceptors (Lipinski definition) is 2. The maximum absolute atomic E-state index is 13.6. The molecule has 0 bridgehead atoms. The van der Waals surface area contributed by atoms with Crippen LogP contribution in [0.3, 0.4) is 0 Å². The maximum Gasteiger partial charge on any atom is 0.226 e. The second kappa shape index (κ2) is 6.31. The van der Waals surface area contributed by atoms with Gasteiger partial charge in [-0.15, -0.1) is 0 Å². The first-order valence-corrected chi connectivity index (χ1v) is 6.84. The summed E-state index contributed by atoms with van der Waals surface area (Å²) >= 11 is 0. The summed E-state index contributed by atoms with van der Waals surface area (Å²) in [4.78, 5) is 13.2. The van der Waals surface area contributed by atoms with E-state index in [9.17, 15) is 13.6 Å². The van der Waals surface area contributed by atoms with Gasteiger partial charge in [0, 0.05) is 19.5 Å². The molecule has 0 radical (unpaired) electrons. The Bertz CT molecular complexity index is 493. The molecule has 0 aliphatic carbocycles. The van der Waals surface area contributed by atoms with Crippen LogP contribution in [0.4, 0.5) is 14.5 Å². The summed E-state index contributed by atoms with van der Waals surface area (Å²) in [6.45, 7) is 2.01. The summed E-state index contributed by atoms with van der Waals surface area (Å²) in [6, 6.07) is 3.09. The van der Waals surface area contributed by atoms with Gasteiger partial charge in [-0.25, -0.2) is 8.78 Å². The minimum Gasteiger partial charge on any atom is -0.375 e. The van der Waals surface area contributed by atoms with Crippen LogP contribution in [0.15, 0.2) is 18.2 Å². The number of amides is 1. The molecular weight excluding hydrogens is 264 g/mol. The van der Waals surface area contributed by atoms with Gasteiger partial charge < -0.3 is 9.64 Å². The fourth-order valence-electron chi connectivity index (χ4n) is 2.43. The number of halogens is 2. The zero-order chi connectivity index (χ0) is 14.7. The van der Waals surface area contributed by atoms with Crippen molar-refractivity contribution in [2.24, 2.45) is 0 Å². The Morgan fingerprint density at radius 2 is 2.15 bits per heavy atom. The molecule has 1 aliphatic rings. The maximum atomic E-state index is 13.6. The van der Waals surface area contributed by atoms with E-state index in [4.69, 9.17) is 4.74 Å². The van der Waals surface area contributed by atoms with E-state index in [-0.39, 0.29) is 30.2 Å². The van der Waals surface area contributed by atoms with Crippen LogP contribution in [0.5, 0.6) is 0 Å². The van der Waals surface area contributed by atoms with Crippen LogP contribution >= 0.6 is 0 Å². The van der Waals surface area contributed by atoms with Crippen molar-refractivity contribution in [2.45, 2.75) is 44.8 Å². The molecule has 110 valence electrons. The van der Waals surface area contributed by atoms with Gasteiger partial charge in [0.15, 0.2) is 0 Å². The Kier molecular flexibility index (Phi) is 4.70. The molecule has 1 aromatic rings. The SMILES string of the molecule is C[C@H]1CC[C@H](CCC(=O)N(C)c2cc(F)ccc2F)O1. The Morgan fingerprint density at radius 3 is 2.80 bits per heavy atom. The topological polar surface area (TPSA) is 29.5 Å². The lowest BCUT2D eigenvalue weighted by atomic mass is 10.1. The van der Waals surface area contributed by atoms with E-state index in [1.54, 1.807) is 0 Å². The Labute approximate surface area is 117 Å². The second-order valence-electron chi connectivity index (χ2n) is 5.23. The van der Waals surface area contributed by atoms with Gasteiger partial charge in [-0.1, -0.05) is 0 Å². The molecule has 0 N–H and O–H groups in total. The normalized spacial score (nSPS) is 22.0. The summed E-state index contributed by atoms with van der Waals surface area (Å²) in [5.74, 6) is -1.40. The van der Waals surface area contributed by atoms with E-state index in [0.717, 1.165) is 35.9 Å². The van der Waals surface area contributed by atoms with Crippen LogP contribution < -0.4 is 4.90 Å². The number of anilines is 1. The van der Waals surface area contributed by atoms with E-state index in [1.807, 2.05) is 6.92 Å². The van der Waals surface area contributed by atoms with Crippen molar-refractivity contribution in [2.75, 3.05) is 11.9 Å². The van der Waals surface area contributed by atoms with E-state index < -0.39 is 11.6 Å². The molecule has 0 unspecified atom stereocenters. The van der Waals surface area contributed by atoms with Crippen LogP contribution in [0.25, 0.3) is 0 Å². The number of nitrogens with zero attached hydrogens (tertiary/aromatic N) is 1. The van der Waals surface area contributed by atoms with Gasteiger partial charge in [0.2, 0.25) is 5.91 Å². The van der Waals surface area contributed by atoms with Crippen molar-refractivity contribution in [1.82, 2.24) is 0 Å². The van der Waals surface area contributed by atoms with Gasteiger partial charge in [0.25, 0.3) is 0 Å². The lowest BCUT2D eigenvalue weighted by Crippen LogP contribution is -2.28. The average molecular weight is 283 g/mol. The molecule has 1 aromatic carbocycles. The molecule has 2 atom stereocenters. The monoisotopic (exact) mass is 283 g/mol. The average Bonchev–Trinajstić information content (AvgIpc) is 2.83. The molecule has 5 heteroatoms. The van der Waals surface area contributed by atoms with Gasteiger partial charge in [-0.05, 0) is 38.3 Å². The van der Waals surface area contributed by atoms with Crippen molar-refractivity contribution in [3.63, 3.8) is 0 Å². The van der Waals surface area contributed by atoms with E-state index in [1.165, 1.54) is 7.05 Å². The van der Waals surface area contributed by atoms with Crippen molar-refractivity contribution in [3.05, 3.63) is 29.8 Å². The number of benzene rings is 1. The third kappa shape index (κ3) is 3.54.